The standard InChI is InChI=1S/C38H50N4O4/c1-5-46-36(44)18-21-39-19-11-20-40(23-22-39)37(45)32-14-9-15-33(24-32)38(4,34-16-10-17-35(43)25-34)42-27-29(2)41(26-30(42)3)28-31-12-7-6-8-13-31/h6-10,12-17,24-25,29-30,43H,5,11,18-23,26-28H2,1-4H3/t29-,30+,38?/m1/s1. The summed E-state index contributed by atoms with van der Waals surface area (Å²) in [5.41, 5.74) is 3.44. The number of hydrogen-bond acceptors (Lipinski definition) is 7. The monoisotopic (exact) mass is 626 g/mol. The van der Waals surface area contributed by atoms with Crippen LogP contribution in [0.3, 0.4) is 0 Å². The molecule has 0 spiro atoms. The molecular formula is C38H50N4O4. The third kappa shape index (κ3) is 7.80. The zero-order chi connectivity index (χ0) is 32.7. The van der Waals surface area contributed by atoms with E-state index in [1.165, 1.54) is 5.56 Å². The van der Waals surface area contributed by atoms with E-state index in [1.807, 2.05) is 36.1 Å². The minimum absolute atomic E-state index is 0.0291. The van der Waals surface area contributed by atoms with Crippen molar-refractivity contribution in [2.75, 3.05) is 52.4 Å². The highest BCUT2D eigenvalue weighted by Gasteiger charge is 2.43. The summed E-state index contributed by atoms with van der Waals surface area (Å²) in [6.45, 7) is 15.2. The van der Waals surface area contributed by atoms with Gasteiger partial charge in [-0.05, 0) is 81.6 Å². The average Bonchev–Trinajstić information content (AvgIpc) is 3.31. The number of aromatic hydroxyl groups is 1. The largest absolute Gasteiger partial charge is 0.508 e. The van der Waals surface area contributed by atoms with Gasteiger partial charge in [0.15, 0.2) is 0 Å². The average molecular weight is 627 g/mol. The van der Waals surface area contributed by atoms with Gasteiger partial charge in [-0.2, -0.15) is 0 Å². The minimum Gasteiger partial charge on any atom is -0.508 e. The van der Waals surface area contributed by atoms with Crippen LogP contribution < -0.4 is 0 Å². The molecule has 2 fully saturated rings. The zero-order valence-electron chi connectivity index (χ0n) is 27.9. The second kappa shape index (κ2) is 15.2. The fourth-order valence-corrected chi connectivity index (χ4v) is 7.18. The molecule has 5 rings (SSSR count). The predicted molar refractivity (Wildman–Crippen MR) is 182 cm³/mol. The zero-order valence-corrected chi connectivity index (χ0v) is 27.9. The molecule has 2 saturated heterocycles. The van der Waals surface area contributed by atoms with Gasteiger partial charge in [-0.25, -0.2) is 0 Å². The first-order chi connectivity index (χ1) is 22.2. The quantitative estimate of drug-likeness (QED) is 0.304. The fourth-order valence-electron chi connectivity index (χ4n) is 7.18. The van der Waals surface area contributed by atoms with Crippen molar-refractivity contribution < 1.29 is 19.4 Å². The Morgan fingerprint density at radius 1 is 0.870 bits per heavy atom. The Bertz CT molecular complexity index is 1470. The second-order valence-electron chi connectivity index (χ2n) is 13.0. The summed E-state index contributed by atoms with van der Waals surface area (Å²) in [5, 5.41) is 10.6. The van der Waals surface area contributed by atoms with Gasteiger partial charge in [0.05, 0.1) is 18.6 Å². The highest BCUT2D eigenvalue weighted by Crippen LogP contribution is 2.40. The minimum atomic E-state index is -0.579. The van der Waals surface area contributed by atoms with Crippen LogP contribution in [0.25, 0.3) is 0 Å². The molecule has 3 aromatic carbocycles. The molecule has 246 valence electrons. The van der Waals surface area contributed by atoms with E-state index in [0.717, 1.165) is 50.3 Å². The van der Waals surface area contributed by atoms with Crippen LogP contribution in [-0.4, -0.2) is 101 Å². The number of phenolic OH excluding ortho intramolecular Hbond substituents is 1. The molecule has 8 nitrogen and oxygen atoms in total. The van der Waals surface area contributed by atoms with Crippen molar-refractivity contribution in [3.8, 4) is 5.75 Å². The van der Waals surface area contributed by atoms with E-state index >= 15 is 0 Å². The van der Waals surface area contributed by atoms with Crippen LogP contribution in [0.1, 0.15) is 67.6 Å². The lowest BCUT2D eigenvalue weighted by Crippen LogP contribution is -2.62. The first kappa shape index (κ1) is 33.6. The molecule has 0 saturated carbocycles. The number of amides is 1. The lowest BCUT2D eigenvalue weighted by Gasteiger charge is -2.52. The number of piperazine rings is 1. The molecule has 1 amide bonds. The summed E-state index contributed by atoms with van der Waals surface area (Å²) in [6.07, 6.45) is 1.23. The van der Waals surface area contributed by atoms with Crippen molar-refractivity contribution >= 4 is 11.9 Å². The van der Waals surface area contributed by atoms with Gasteiger partial charge in [-0.1, -0.05) is 54.6 Å². The van der Waals surface area contributed by atoms with Gasteiger partial charge in [0, 0.05) is 63.5 Å². The van der Waals surface area contributed by atoms with Crippen molar-refractivity contribution in [1.29, 1.82) is 0 Å². The molecule has 0 bridgehead atoms. The van der Waals surface area contributed by atoms with E-state index in [-0.39, 0.29) is 23.7 Å². The fraction of sp³-hybridized carbons (Fsp3) is 0.474. The Morgan fingerprint density at radius 2 is 1.61 bits per heavy atom. The third-order valence-electron chi connectivity index (χ3n) is 9.81. The van der Waals surface area contributed by atoms with Crippen LogP contribution in [0.5, 0.6) is 5.75 Å². The van der Waals surface area contributed by atoms with Gasteiger partial charge < -0.3 is 19.6 Å². The Kier molecular flexibility index (Phi) is 11.1. The third-order valence-corrected chi connectivity index (χ3v) is 9.81. The van der Waals surface area contributed by atoms with E-state index < -0.39 is 5.54 Å². The summed E-state index contributed by atoms with van der Waals surface area (Å²) >= 11 is 0. The van der Waals surface area contributed by atoms with Crippen molar-refractivity contribution in [3.63, 3.8) is 0 Å². The van der Waals surface area contributed by atoms with Gasteiger partial charge in [0.2, 0.25) is 0 Å². The molecule has 2 aliphatic heterocycles. The van der Waals surface area contributed by atoms with Crippen LogP contribution in [-0.2, 0) is 21.6 Å². The van der Waals surface area contributed by atoms with Crippen molar-refractivity contribution in [2.45, 2.75) is 64.7 Å². The molecule has 1 N–H and O–H groups in total. The topological polar surface area (TPSA) is 76.6 Å². The highest BCUT2D eigenvalue weighted by atomic mass is 16.5. The van der Waals surface area contributed by atoms with Crippen LogP contribution in [0.4, 0.5) is 0 Å². The Hall–Kier alpha value is -3.72. The van der Waals surface area contributed by atoms with Gasteiger partial charge in [0.25, 0.3) is 5.91 Å². The van der Waals surface area contributed by atoms with E-state index in [2.05, 4.69) is 84.0 Å². The Labute approximate surface area is 274 Å². The van der Waals surface area contributed by atoms with Crippen molar-refractivity contribution in [3.05, 3.63) is 101 Å². The highest BCUT2D eigenvalue weighted by molar-refractivity contribution is 5.94. The predicted octanol–water partition coefficient (Wildman–Crippen LogP) is 5.35. The maximum absolute atomic E-state index is 14.0. The number of ether oxygens (including phenoxy) is 1. The first-order valence-electron chi connectivity index (χ1n) is 16.8. The number of carbonyl (C=O) groups excluding carboxylic acids is 2. The molecule has 2 aliphatic rings. The molecular weight excluding hydrogens is 576 g/mol. The Morgan fingerprint density at radius 3 is 2.35 bits per heavy atom. The van der Waals surface area contributed by atoms with E-state index in [9.17, 15) is 14.7 Å². The van der Waals surface area contributed by atoms with Crippen LogP contribution in [0.2, 0.25) is 0 Å². The number of esters is 1. The number of hydrogen-bond donors (Lipinski definition) is 1. The lowest BCUT2D eigenvalue weighted by atomic mass is 9.80. The van der Waals surface area contributed by atoms with Crippen LogP contribution >= 0.6 is 0 Å². The lowest BCUT2D eigenvalue weighted by molar-refractivity contribution is -0.143. The number of benzene rings is 3. The van der Waals surface area contributed by atoms with E-state index in [1.54, 1.807) is 6.07 Å². The molecule has 8 heteroatoms. The van der Waals surface area contributed by atoms with Crippen LogP contribution in [0, 0.1) is 0 Å². The number of rotatable bonds is 10. The van der Waals surface area contributed by atoms with Gasteiger partial charge in [-0.3, -0.25) is 19.4 Å². The Balaban J connectivity index is 1.37. The number of nitrogens with zero attached hydrogens (tertiary/aromatic N) is 4. The van der Waals surface area contributed by atoms with Crippen molar-refractivity contribution in [2.24, 2.45) is 0 Å². The van der Waals surface area contributed by atoms with Gasteiger partial charge in [0.1, 0.15) is 5.75 Å². The summed E-state index contributed by atoms with van der Waals surface area (Å²) in [5.74, 6) is 0.0884. The molecule has 3 aromatic rings. The summed E-state index contributed by atoms with van der Waals surface area (Å²) in [4.78, 5) is 35.1. The van der Waals surface area contributed by atoms with Crippen LogP contribution in [0.15, 0.2) is 78.9 Å². The first-order valence-corrected chi connectivity index (χ1v) is 16.8. The molecule has 3 atom stereocenters. The van der Waals surface area contributed by atoms with Crippen molar-refractivity contribution in [1.82, 2.24) is 19.6 Å². The molecule has 0 aliphatic carbocycles. The maximum Gasteiger partial charge on any atom is 0.307 e. The number of carbonyl (C=O) groups is 2. The molecule has 0 radical (unpaired) electrons. The molecule has 1 unspecified atom stereocenters. The number of phenols is 1. The maximum atomic E-state index is 14.0. The molecule has 0 aromatic heterocycles. The molecule has 46 heavy (non-hydrogen) atoms. The summed E-state index contributed by atoms with van der Waals surface area (Å²) < 4.78 is 5.09. The van der Waals surface area contributed by atoms with E-state index in [0.29, 0.717) is 44.3 Å². The molecule has 2 heterocycles. The van der Waals surface area contributed by atoms with Gasteiger partial charge in [-0.15, -0.1) is 0 Å². The normalized spacial score (nSPS) is 21.3. The second-order valence-corrected chi connectivity index (χ2v) is 13.0. The summed E-state index contributed by atoms with van der Waals surface area (Å²) in [6, 6.07) is 26.8. The SMILES string of the molecule is CCOC(=O)CCN1CCCN(C(=O)c2cccc(C(C)(c3cccc(O)c3)N3C[C@@H](C)N(Cc4ccccc4)C[C@@H]3C)c2)CC1. The van der Waals surface area contributed by atoms with Gasteiger partial charge >= 0.3 is 5.97 Å². The smallest absolute Gasteiger partial charge is 0.307 e. The summed E-state index contributed by atoms with van der Waals surface area (Å²) in [7, 11) is 0. The van der Waals surface area contributed by atoms with E-state index in [4.69, 9.17) is 4.74 Å².